The van der Waals surface area contributed by atoms with E-state index in [4.69, 9.17) is 13.9 Å². The van der Waals surface area contributed by atoms with Crippen LogP contribution in [0.4, 0.5) is 0 Å². The predicted octanol–water partition coefficient (Wildman–Crippen LogP) is 3.73. The number of carboxylic acids is 1. The van der Waals surface area contributed by atoms with Gasteiger partial charge in [-0.2, -0.15) is 5.10 Å². The SMILES string of the molecule is COc1cc(OC)cc(C(=O)N/N=C\c2ccc(-c3cc(C(=O)O)ccc3C)o2)c1. The van der Waals surface area contributed by atoms with Crippen LogP contribution in [0.2, 0.25) is 0 Å². The second-order valence-corrected chi connectivity index (χ2v) is 6.34. The topological polar surface area (TPSA) is 110 Å². The molecule has 0 bridgehead atoms. The Bertz CT molecular complexity index is 1090. The predicted molar refractivity (Wildman–Crippen MR) is 110 cm³/mol. The molecule has 0 fully saturated rings. The van der Waals surface area contributed by atoms with Crippen molar-refractivity contribution in [2.24, 2.45) is 5.10 Å². The number of aryl methyl sites for hydroxylation is 1. The molecule has 2 aromatic carbocycles. The van der Waals surface area contributed by atoms with Gasteiger partial charge >= 0.3 is 5.97 Å². The lowest BCUT2D eigenvalue weighted by atomic mass is 10.0. The van der Waals surface area contributed by atoms with Gasteiger partial charge in [0.25, 0.3) is 5.91 Å². The molecule has 1 heterocycles. The number of hydrazone groups is 1. The van der Waals surface area contributed by atoms with Crippen LogP contribution in [0.5, 0.6) is 11.5 Å². The Morgan fingerprint density at radius 2 is 1.70 bits per heavy atom. The van der Waals surface area contributed by atoms with Gasteiger partial charge in [0.05, 0.1) is 26.0 Å². The fraction of sp³-hybridized carbons (Fsp3) is 0.136. The second kappa shape index (κ2) is 8.95. The smallest absolute Gasteiger partial charge is 0.335 e. The Morgan fingerprint density at radius 1 is 1.00 bits per heavy atom. The van der Waals surface area contributed by atoms with Gasteiger partial charge in [-0.25, -0.2) is 10.2 Å². The third-order valence-corrected chi connectivity index (χ3v) is 4.35. The largest absolute Gasteiger partial charge is 0.497 e. The van der Waals surface area contributed by atoms with E-state index in [1.54, 1.807) is 42.5 Å². The van der Waals surface area contributed by atoms with Crippen LogP contribution in [0, 0.1) is 6.92 Å². The summed E-state index contributed by atoms with van der Waals surface area (Å²) in [6.07, 6.45) is 1.36. The Balaban J connectivity index is 1.73. The highest BCUT2D eigenvalue weighted by molar-refractivity contribution is 5.95. The zero-order valence-corrected chi connectivity index (χ0v) is 16.6. The molecule has 8 heteroatoms. The molecule has 1 amide bonds. The molecule has 154 valence electrons. The number of ether oxygens (including phenoxy) is 2. The fourth-order valence-corrected chi connectivity index (χ4v) is 2.75. The number of amides is 1. The van der Waals surface area contributed by atoms with E-state index >= 15 is 0 Å². The molecule has 2 N–H and O–H groups in total. The van der Waals surface area contributed by atoms with Crippen molar-refractivity contribution in [2.75, 3.05) is 14.2 Å². The van der Waals surface area contributed by atoms with Gasteiger partial charge in [0.15, 0.2) is 0 Å². The number of carboxylic acid groups (broad SMARTS) is 1. The van der Waals surface area contributed by atoms with E-state index < -0.39 is 11.9 Å². The number of methoxy groups -OCH3 is 2. The number of carbonyl (C=O) groups excluding carboxylic acids is 1. The van der Waals surface area contributed by atoms with Gasteiger partial charge in [0.2, 0.25) is 0 Å². The summed E-state index contributed by atoms with van der Waals surface area (Å²) < 4.78 is 16.0. The molecule has 0 saturated carbocycles. The number of furan rings is 1. The summed E-state index contributed by atoms with van der Waals surface area (Å²) in [5.41, 5.74) is 4.45. The minimum absolute atomic E-state index is 0.170. The van der Waals surface area contributed by atoms with Crippen LogP contribution in [0.3, 0.4) is 0 Å². The highest BCUT2D eigenvalue weighted by Crippen LogP contribution is 2.26. The van der Waals surface area contributed by atoms with Gasteiger partial charge in [0.1, 0.15) is 23.0 Å². The summed E-state index contributed by atoms with van der Waals surface area (Å²) in [4.78, 5) is 23.5. The number of benzene rings is 2. The van der Waals surface area contributed by atoms with Gasteiger partial charge in [-0.3, -0.25) is 4.79 Å². The molecular formula is C22H20N2O6. The first-order valence-electron chi connectivity index (χ1n) is 8.92. The molecule has 30 heavy (non-hydrogen) atoms. The van der Waals surface area contributed by atoms with Crippen molar-refractivity contribution in [3.8, 4) is 22.8 Å². The number of nitrogens with zero attached hydrogens (tertiary/aromatic N) is 1. The minimum atomic E-state index is -1.01. The highest BCUT2D eigenvalue weighted by atomic mass is 16.5. The molecule has 0 aliphatic heterocycles. The quantitative estimate of drug-likeness (QED) is 0.455. The Labute approximate surface area is 172 Å². The summed E-state index contributed by atoms with van der Waals surface area (Å²) in [6.45, 7) is 1.86. The van der Waals surface area contributed by atoms with E-state index in [0.29, 0.717) is 34.1 Å². The molecule has 3 rings (SSSR count). The van der Waals surface area contributed by atoms with Crippen molar-refractivity contribution in [2.45, 2.75) is 6.92 Å². The first kappa shape index (κ1) is 20.7. The molecule has 3 aromatic rings. The van der Waals surface area contributed by atoms with E-state index in [2.05, 4.69) is 10.5 Å². The third kappa shape index (κ3) is 4.67. The number of rotatable bonds is 7. The highest BCUT2D eigenvalue weighted by Gasteiger charge is 2.12. The second-order valence-electron chi connectivity index (χ2n) is 6.34. The van der Waals surface area contributed by atoms with Crippen LogP contribution in [0.25, 0.3) is 11.3 Å². The van der Waals surface area contributed by atoms with Crippen molar-refractivity contribution >= 4 is 18.1 Å². The zero-order valence-electron chi connectivity index (χ0n) is 16.6. The maximum absolute atomic E-state index is 12.3. The fourth-order valence-electron chi connectivity index (χ4n) is 2.75. The molecular weight excluding hydrogens is 388 g/mol. The Morgan fingerprint density at radius 3 is 2.33 bits per heavy atom. The number of hydrogen-bond donors (Lipinski definition) is 2. The molecule has 0 saturated heterocycles. The molecule has 1 aromatic heterocycles. The molecule has 0 aliphatic carbocycles. The van der Waals surface area contributed by atoms with Gasteiger partial charge in [-0.05, 0) is 48.9 Å². The summed E-state index contributed by atoms with van der Waals surface area (Å²) in [7, 11) is 2.99. The van der Waals surface area contributed by atoms with E-state index in [1.165, 1.54) is 26.5 Å². The van der Waals surface area contributed by atoms with Gasteiger partial charge in [0, 0.05) is 17.2 Å². The van der Waals surface area contributed by atoms with E-state index in [-0.39, 0.29) is 5.56 Å². The minimum Gasteiger partial charge on any atom is -0.497 e. The van der Waals surface area contributed by atoms with Crippen molar-refractivity contribution in [3.63, 3.8) is 0 Å². The van der Waals surface area contributed by atoms with Crippen LogP contribution >= 0.6 is 0 Å². The molecule has 0 spiro atoms. The van der Waals surface area contributed by atoms with Crippen molar-refractivity contribution < 1.29 is 28.6 Å². The van der Waals surface area contributed by atoms with Crippen LogP contribution in [-0.2, 0) is 0 Å². The van der Waals surface area contributed by atoms with Gasteiger partial charge in [-0.1, -0.05) is 6.07 Å². The molecule has 0 radical (unpaired) electrons. The summed E-state index contributed by atoms with van der Waals surface area (Å²) >= 11 is 0. The van der Waals surface area contributed by atoms with Crippen LogP contribution in [0.15, 0.2) is 58.0 Å². The molecule has 0 atom stereocenters. The number of carbonyl (C=O) groups is 2. The first-order chi connectivity index (χ1) is 14.4. The van der Waals surface area contributed by atoms with Crippen LogP contribution < -0.4 is 14.9 Å². The summed E-state index contributed by atoms with van der Waals surface area (Å²) in [5.74, 6) is 0.410. The van der Waals surface area contributed by atoms with Crippen LogP contribution in [-0.4, -0.2) is 37.4 Å². The molecule has 8 nitrogen and oxygen atoms in total. The maximum atomic E-state index is 12.3. The summed E-state index contributed by atoms with van der Waals surface area (Å²) in [6, 6.07) is 13.0. The maximum Gasteiger partial charge on any atom is 0.335 e. The standard InChI is InChI=1S/C22H20N2O6/c1-13-4-5-14(22(26)27)10-19(13)20-7-6-16(30-20)12-23-24-21(25)15-8-17(28-2)11-18(9-15)29-3/h4-12H,1-3H3,(H,24,25)(H,26,27)/b23-12-. The Hall–Kier alpha value is -4.07. The molecule has 0 unspecified atom stereocenters. The first-order valence-corrected chi connectivity index (χ1v) is 8.92. The van der Waals surface area contributed by atoms with E-state index in [1.807, 2.05) is 6.92 Å². The van der Waals surface area contributed by atoms with E-state index in [9.17, 15) is 14.7 Å². The lowest BCUT2D eigenvalue weighted by Gasteiger charge is -2.07. The average molecular weight is 408 g/mol. The average Bonchev–Trinajstić information content (AvgIpc) is 3.21. The number of aromatic carboxylic acids is 1. The summed E-state index contributed by atoms with van der Waals surface area (Å²) in [5, 5.41) is 13.1. The van der Waals surface area contributed by atoms with Crippen molar-refractivity contribution in [1.82, 2.24) is 5.43 Å². The van der Waals surface area contributed by atoms with Crippen LogP contribution in [0.1, 0.15) is 32.0 Å². The monoisotopic (exact) mass is 408 g/mol. The van der Waals surface area contributed by atoms with E-state index in [0.717, 1.165) is 5.56 Å². The number of hydrogen-bond acceptors (Lipinski definition) is 6. The lowest BCUT2D eigenvalue weighted by Crippen LogP contribution is -2.17. The number of nitrogens with one attached hydrogen (secondary N) is 1. The lowest BCUT2D eigenvalue weighted by molar-refractivity contribution is 0.0696. The molecule has 0 aliphatic rings. The zero-order chi connectivity index (χ0) is 21.7. The Kier molecular flexibility index (Phi) is 6.17. The normalized spacial score (nSPS) is 10.8. The van der Waals surface area contributed by atoms with Crippen molar-refractivity contribution in [3.05, 3.63) is 71.0 Å². The van der Waals surface area contributed by atoms with Gasteiger partial charge < -0.3 is 19.0 Å². The van der Waals surface area contributed by atoms with Gasteiger partial charge in [-0.15, -0.1) is 0 Å². The third-order valence-electron chi connectivity index (χ3n) is 4.35. The van der Waals surface area contributed by atoms with Crippen molar-refractivity contribution in [1.29, 1.82) is 0 Å².